The van der Waals surface area contributed by atoms with Gasteiger partial charge in [-0.15, -0.1) is 0 Å². The van der Waals surface area contributed by atoms with Crippen LogP contribution in [0.3, 0.4) is 0 Å². The second-order valence-electron chi connectivity index (χ2n) is 13.3. The molecule has 3 nitrogen and oxygen atoms in total. The molecule has 0 spiro atoms. The van der Waals surface area contributed by atoms with Gasteiger partial charge in [0, 0.05) is 43.7 Å². The summed E-state index contributed by atoms with van der Waals surface area (Å²) in [6.07, 6.45) is 11.8. The Bertz CT molecular complexity index is 2480. The molecule has 5 aromatic carbocycles. The van der Waals surface area contributed by atoms with Crippen LogP contribution in [0.2, 0.25) is 20.1 Å². The van der Waals surface area contributed by atoms with E-state index >= 15 is 0 Å². The number of aryl methyl sites for hydroxylation is 1. The van der Waals surface area contributed by atoms with E-state index in [1.165, 1.54) is 45.5 Å². The van der Waals surface area contributed by atoms with E-state index in [0.29, 0.717) is 10.0 Å². The number of benzene rings is 5. The van der Waals surface area contributed by atoms with Gasteiger partial charge in [0.15, 0.2) is 14.7 Å². The van der Waals surface area contributed by atoms with Crippen molar-refractivity contribution in [2.24, 2.45) is 0 Å². The minimum atomic E-state index is -0.363. The topological polar surface area (TPSA) is 16.4 Å². The molecule has 56 heavy (non-hydrogen) atoms. The number of thiazole rings is 1. The molecule has 0 fully saturated rings. The normalized spacial score (nSPS) is 15.9. The van der Waals surface area contributed by atoms with Gasteiger partial charge in [-0.05, 0) is 160 Å². The number of anilines is 1. The van der Waals surface area contributed by atoms with E-state index in [2.05, 4.69) is 120 Å². The van der Waals surface area contributed by atoms with Gasteiger partial charge in [0.2, 0.25) is 5.52 Å². The van der Waals surface area contributed by atoms with Crippen molar-refractivity contribution in [2.75, 3.05) is 11.4 Å². The van der Waals surface area contributed by atoms with Crippen LogP contribution in [-0.4, -0.2) is 6.54 Å². The first kappa shape index (κ1) is 39.2. The number of halogens is 4. The van der Waals surface area contributed by atoms with E-state index < -0.39 is 0 Å². The molecule has 10 heteroatoms. The highest BCUT2D eigenvalue weighted by molar-refractivity contribution is 8.03. The van der Waals surface area contributed by atoms with E-state index in [1.807, 2.05) is 36.4 Å². The fraction of sp³-hybridized carbons (Fsp3) is 0.152. The monoisotopic (exact) mass is 870 g/mol. The molecule has 0 N–H and O–H groups in total. The molecule has 1 aliphatic heterocycles. The summed E-state index contributed by atoms with van der Waals surface area (Å²) in [4.78, 5) is 7.06. The highest BCUT2D eigenvalue weighted by atomic mass is 35.5. The lowest BCUT2D eigenvalue weighted by molar-refractivity contribution is -0.665. The second kappa shape index (κ2) is 17.5. The molecule has 8 rings (SSSR count). The summed E-state index contributed by atoms with van der Waals surface area (Å²) in [5, 5.41) is 5.27. The molecule has 2 aliphatic rings. The molecule has 0 saturated heterocycles. The molecule has 2 heterocycles. The Labute approximate surface area is 359 Å². The predicted molar refractivity (Wildman–Crippen MR) is 241 cm³/mol. The van der Waals surface area contributed by atoms with E-state index in [9.17, 15) is 0 Å². The largest absolute Gasteiger partial charge is 0.457 e. The molecule has 282 valence electrons. The Morgan fingerprint density at radius 2 is 1.34 bits per heavy atom. The van der Waals surface area contributed by atoms with Crippen molar-refractivity contribution < 1.29 is 9.30 Å². The average molecular weight is 873 g/mol. The molecule has 0 radical (unpaired) electrons. The molecule has 0 saturated carbocycles. The van der Waals surface area contributed by atoms with Crippen LogP contribution < -0.4 is 14.2 Å². The summed E-state index contributed by atoms with van der Waals surface area (Å²) in [5.74, 6) is 1.70. The summed E-state index contributed by atoms with van der Waals surface area (Å²) < 4.78 is 10.5. The minimum absolute atomic E-state index is 0.363. The Morgan fingerprint density at radius 1 is 0.714 bits per heavy atom. The van der Waals surface area contributed by atoms with Crippen LogP contribution >= 0.6 is 69.5 Å². The van der Waals surface area contributed by atoms with Crippen molar-refractivity contribution in [2.45, 2.75) is 59.2 Å². The van der Waals surface area contributed by atoms with E-state index in [4.69, 9.17) is 51.1 Å². The lowest BCUT2D eigenvalue weighted by atomic mass is 9.92. The van der Waals surface area contributed by atoms with Gasteiger partial charge in [-0.2, -0.15) is 4.57 Å². The van der Waals surface area contributed by atoms with Gasteiger partial charge < -0.3 is 9.64 Å². The number of nitrogens with zero attached hydrogens (tertiary/aromatic N) is 2. The summed E-state index contributed by atoms with van der Waals surface area (Å²) in [6.45, 7) is 6.05. The number of hydrogen-bond acceptors (Lipinski definition) is 4. The Kier molecular flexibility index (Phi) is 12.3. The quantitative estimate of drug-likeness (QED) is 0.101. The zero-order valence-corrected chi connectivity index (χ0v) is 36.2. The number of fused-ring (bicyclic) bond motifs is 2. The van der Waals surface area contributed by atoms with Gasteiger partial charge in [-0.1, -0.05) is 75.6 Å². The summed E-state index contributed by atoms with van der Waals surface area (Å²) in [7, 11) is -0.363. The van der Waals surface area contributed by atoms with Crippen molar-refractivity contribution in [3.05, 3.63) is 174 Å². The molecule has 6 aromatic rings. The van der Waals surface area contributed by atoms with Gasteiger partial charge in [-0.25, -0.2) is 0 Å². The highest BCUT2D eigenvalue weighted by Crippen LogP contribution is 2.47. The lowest BCUT2D eigenvalue weighted by Gasteiger charge is -2.22. The number of thioether (sulfide) groups is 1. The first-order valence-electron chi connectivity index (χ1n) is 18.5. The van der Waals surface area contributed by atoms with Gasteiger partial charge in [-0.3, -0.25) is 0 Å². The van der Waals surface area contributed by atoms with Crippen molar-refractivity contribution in [3.63, 3.8) is 0 Å². The molecule has 1 aromatic heterocycles. The van der Waals surface area contributed by atoms with Crippen LogP contribution in [0.5, 0.6) is 5.75 Å². The summed E-state index contributed by atoms with van der Waals surface area (Å²) in [6, 6.07) is 37.0. The van der Waals surface area contributed by atoms with Gasteiger partial charge in [0.25, 0.3) is 5.01 Å². The Balaban J connectivity index is 1.17. The van der Waals surface area contributed by atoms with Crippen LogP contribution in [0, 0.1) is 0 Å². The zero-order valence-electron chi connectivity index (χ0n) is 30.8. The van der Waals surface area contributed by atoms with Gasteiger partial charge in [0.1, 0.15) is 22.8 Å². The highest BCUT2D eigenvalue weighted by Gasteiger charge is 2.30. The van der Waals surface area contributed by atoms with Gasteiger partial charge >= 0.3 is 0 Å². The van der Waals surface area contributed by atoms with Crippen molar-refractivity contribution in [1.29, 1.82) is 0 Å². The van der Waals surface area contributed by atoms with Crippen molar-refractivity contribution in [3.8, 4) is 5.75 Å². The second-order valence-corrected chi connectivity index (χ2v) is 19.2. The molecule has 0 atom stereocenters. The van der Waals surface area contributed by atoms with Crippen LogP contribution in [0.15, 0.2) is 169 Å². The molecule has 0 bridgehead atoms. The Hall–Kier alpha value is -3.59. The first-order chi connectivity index (χ1) is 27.3. The number of aromatic nitrogens is 1. The third-order valence-electron chi connectivity index (χ3n) is 9.72. The third-order valence-corrected chi connectivity index (χ3v) is 15.2. The number of hydrogen-bond donors (Lipinski definition) is 0. The van der Waals surface area contributed by atoms with Crippen LogP contribution in [0.25, 0.3) is 16.3 Å². The molecular weight excluding hydrogens is 835 g/mol. The van der Waals surface area contributed by atoms with E-state index in [0.717, 1.165) is 65.1 Å². The number of allylic oxidation sites excluding steroid dienone is 5. The fourth-order valence-electron chi connectivity index (χ4n) is 7.06. The van der Waals surface area contributed by atoms with Gasteiger partial charge in [0.05, 0.1) is 21.6 Å². The SMILES string of the molecule is CCN1/C(=C/C=C2\CCCC(/C=C/c3sc4ccc(Cl)cc4[n+]3CC)=C2Oc2ccc([S+](c3ccc(Cl)cc3)c3ccc(Cl)cc3)cc2)Sc2ccc(Cl)cc21. The molecule has 0 amide bonds. The molecule has 1 aliphatic carbocycles. The third kappa shape index (κ3) is 8.49. The van der Waals surface area contributed by atoms with Crippen LogP contribution in [-0.2, 0) is 17.4 Å². The summed E-state index contributed by atoms with van der Waals surface area (Å²) in [5.41, 5.74) is 4.65. The molecule has 0 unspecified atom stereocenters. The van der Waals surface area contributed by atoms with Crippen LogP contribution in [0.4, 0.5) is 5.69 Å². The van der Waals surface area contributed by atoms with E-state index in [1.54, 1.807) is 23.1 Å². The maximum absolute atomic E-state index is 6.96. The maximum Gasteiger partial charge on any atom is 0.262 e. The minimum Gasteiger partial charge on any atom is -0.457 e. The smallest absolute Gasteiger partial charge is 0.262 e. The maximum atomic E-state index is 6.96. The zero-order chi connectivity index (χ0) is 38.8. The van der Waals surface area contributed by atoms with Crippen LogP contribution in [0.1, 0.15) is 38.1 Å². The number of ether oxygens (including phenoxy) is 1. The fourth-order valence-corrected chi connectivity index (χ4v) is 11.9. The summed E-state index contributed by atoms with van der Waals surface area (Å²) >= 11 is 29.0. The first-order valence-corrected chi connectivity index (χ1v) is 22.9. The van der Waals surface area contributed by atoms with E-state index in [-0.39, 0.29) is 10.9 Å². The Morgan fingerprint density at radius 3 is 2.00 bits per heavy atom. The predicted octanol–water partition coefficient (Wildman–Crippen LogP) is 14.8. The van der Waals surface area contributed by atoms with Crippen molar-refractivity contribution in [1.82, 2.24) is 0 Å². The molecular formula is C46H38Cl4N2OS3+2. The standard InChI is InChI=1S/C46H38Cl4N2OS3/c1-3-51-40-28-34(49)14-24-42(40)54-44(51)26-8-30-6-5-7-31(9-27-45-52(4-2)41-29-35(50)15-25-43(41)55-45)46(30)53-36-16-22-39(23-17-36)56(37-18-10-32(47)11-19-37)38-20-12-33(48)13-21-38/h8-29H,3-7H2,1-2H3/q+2. The lowest BCUT2D eigenvalue weighted by Crippen LogP contribution is -2.33. The number of rotatable bonds is 10. The van der Waals surface area contributed by atoms with Crippen molar-refractivity contribution >= 4 is 102 Å². The average Bonchev–Trinajstić information content (AvgIpc) is 3.74.